The van der Waals surface area contributed by atoms with Crippen LogP contribution in [-0.4, -0.2) is 30.5 Å². The van der Waals surface area contributed by atoms with E-state index in [1.165, 1.54) is 24.3 Å². The van der Waals surface area contributed by atoms with Crippen LogP contribution in [0.15, 0.2) is 28.6 Å². The summed E-state index contributed by atoms with van der Waals surface area (Å²) in [5.74, 6) is -1.13. The SMILES string of the molecule is N[C@@H](CCCC(N=S(=O)=O)c1ccc([N+](=O)[O-])cc1)C(=O)O. The lowest BCUT2D eigenvalue weighted by Crippen LogP contribution is -2.29. The molecule has 9 nitrogen and oxygen atoms in total. The molecule has 0 aliphatic carbocycles. The molecule has 0 bridgehead atoms. The average molecular weight is 329 g/mol. The van der Waals surface area contributed by atoms with Crippen molar-refractivity contribution in [3.8, 4) is 0 Å². The van der Waals surface area contributed by atoms with Crippen LogP contribution < -0.4 is 5.73 Å². The molecule has 0 aliphatic heterocycles. The zero-order valence-electron chi connectivity index (χ0n) is 11.5. The third kappa shape index (κ3) is 5.58. The summed E-state index contributed by atoms with van der Waals surface area (Å²) < 4.78 is 25.1. The molecule has 2 atom stereocenters. The summed E-state index contributed by atoms with van der Waals surface area (Å²) in [5.41, 5.74) is 5.76. The number of hydrogen-bond donors (Lipinski definition) is 2. The van der Waals surface area contributed by atoms with Gasteiger partial charge in [-0.25, -0.2) is 0 Å². The van der Waals surface area contributed by atoms with Crippen LogP contribution in [0.2, 0.25) is 0 Å². The first-order valence-corrected chi connectivity index (χ1v) is 7.37. The fraction of sp³-hybridized carbons (Fsp3) is 0.417. The minimum absolute atomic E-state index is 0.112. The summed E-state index contributed by atoms with van der Waals surface area (Å²) in [5, 5.41) is 19.3. The molecule has 0 fully saturated rings. The Morgan fingerprint density at radius 1 is 1.32 bits per heavy atom. The molecular weight excluding hydrogens is 314 g/mol. The molecule has 1 aromatic rings. The van der Waals surface area contributed by atoms with Gasteiger partial charge < -0.3 is 10.8 Å². The van der Waals surface area contributed by atoms with Gasteiger partial charge in [0.05, 0.1) is 11.0 Å². The van der Waals surface area contributed by atoms with Crippen molar-refractivity contribution >= 4 is 22.2 Å². The highest BCUT2D eigenvalue weighted by Crippen LogP contribution is 2.25. The number of carboxylic acid groups (broad SMARTS) is 1. The highest BCUT2D eigenvalue weighted by atomic mass is 32.2. The van der Waals surface area contributed by atoms with Gasteiger partial charge in [-0.05, 0) is 24.8 Å². The second kappa shape index (κ2) is 8.20. The number of aliphatic carboxylic acids is 1. The van der Waals surface area contributed by atoms with Crippen LogP contribution in [0.3, 0.4) is 0 Å². The number of carbonyl (C=O) groups is 1. The first-order chi connectivity index (χ1) is 10.3. The Morgan fingerprint density at radius 3 is 2.36 bits per heavy atom. The van der Waals surface area contributed by atoms with E-state index in [-0.39, 0.29) is 18.5 Å². The molecule has 0 heterocycles. The van der Waals surface area contributed by atoms with Crippen LogP contribution in [0.25, 0.3) is 0 Å². The maximum atomic E-state index is 10.8. The highest BCUT2D eigenvalue weighted by Gasteiger charge is 2.16. The minimum atomic E-state index is -2.64. The monoisotopic (exact) mass is 329 g/mol. The number of non-ortho nitro benzene ring substituents is 1. The van der Waals surface area contributed by atoms with E-state index in [0.29, 0.717) is 12.0 Å². The molecule has 0 radical (unpaired) electrons. The van der Waals surface area contributed by atoms with Crippen molar-refractivity contribution in [1.29, 1.82) is 0 Å². The Balaban J connectivity index is 2.82. The third-order valence-electron chi connectivity index (χ3n) is 3.01. The summed E-state index contributed by atoms with van der Waals surface area (Å²) in [6.45, 7) is 0. The summed E-state index contributed by atoms with van der Waals surface area (Å²) in [6.07, 6.45) is 0.808. The first kappa shape index (κ1) is 17.7. The summed E-state index contributed by atoms with van der Waals surface area (Å²) in [6, 6.07) is 3.63. The van der Waals surface area contributed by atoms with Crippen LogP contribution in [0.4, 0.5) is 5.69 Å². The fourth-order valence-corrected chi connectivity index (χ4v) is 2.29. The molecule has 10 heteroatoms. The van der Waals surface area contributed by atoms with Gasteiger partial charge in [-0.15, -0.1) is 0 Å². The number of nitro groups is 1. The Kier molecular flexibility index (Phi) is 6.60. The molecule has 0 spiro atoms. The largest absolute Gasteiger partial charge is 0.480 e. The van der Waals surface area contributed by atoms with Crippen molar-refractivity contribution in [3.63, 3.8) is 0 Å². The van der Waals surface area contributed by atoms with Gasteiger partial charge >= 0.3 is 16.5 Å². The quantitative estimate of drug-likeness (QED) is 0.538. The second-order valence-electron chi connectivity index (χ2n) is 4.56. The lowest BCUT2D eigenvalue weighted by Gasteiger charge is -2.11. The van der Waals surface area contributed by atoms with Gasteiger partial charge in [0.15, 0.2) is 0 Å². The zero-order chi connectivity index (χ0) is 16.7. The summed E-state index contributed by atoms with van der Waals surface area (Å²) >= 11 is 0. The standard InChI is InChI=1S/C12H15N3O6S/c13-10(12(16)17)2-1-3-11(14-22(20)21)8-4-6-9(7-5-8)15(18)19/h4-7,10-11H,1-3,13H2,(H,16,17)/t10-,11?/m0/s1. The van der Waals surface area contributed by atoms with Crippen molar-refractivity contribution < 1.29 is 23.2 Å². The van der Waals surface area contributed by atoms with E-state index in [1.807, 2.05) is 0 Å². The third-order valence-corrected chi connectivity index (χ3v) is 3.44. The highest BCUT2D eigenvalue weighted by molar-refractivity contribution is 7.61. The van der Waals surface area contributed by atoms with E-state index < -0.39 is 33.5 Å². The van der Waals surface area contributed by atoms with E-state index in [2.05, 4.69) is 4.36 Å². The molecule has 0 amide bonds. The molecule has 0 saturated carbocycles. The van der Waals surface area contributed by atoms with Gasteiger partial charge in [0, 0.05) is 12.1 Å². The molecule has 1 rings (SSSR count). The molecular formula is C12H15N3O6S. The van der Waals surface area contributed by atoms with Crippen LogP contribution in [0.1, 0.15) is 30.9 Å². The van der Waals surface area contributed by atoms with Crippen LogP contribution in [0, 0.1) is 10.1 Å². The van der Waals surface area contributed by atoms with Gasteiger partial charge in [0.1, 0.15) is 6.04 Å². The van der Waals surface area contributed by atoms with Crippen molar-refractivity contribution in [1.82, 2.24) is 0 Å². The van der Waals surface area contributed by atoms with Gasteiger partial charge in [-0.3, -0.25) is 14.9 Å². The lowest BCUT2D eigenvalue weighted by molar-refractivity contribution is -0.384. The van der Waals surface area contributed by atoms with Gasteiger partial charge in [0.25, 0.3) is 5.69 Å². The maximum Gasteiger partial charge on any atom is 0.320 e. The van der Waals surface area contributed by atoms with E-state index in [4.69, 9.17) is 10.8 Å². The summed E-state index contributed by atoms with van der Waals surface area (Å²) in [7, 11) is -2.64. The van der Waals surface area contributed by atoms with E-state index in [9.17, 15) is 23.3 Å². The molecule has 1 aromatic carbocycles. The fourth-order valence-electron chi connectivity index (χ4n) is 1.86. The Labute approximate surface area is 127 Å². The number of nitrogens with two attached hydrogens (primary N) is 1. The predicted octanol–water partition coefficient (Wildman–Crippen LogP) is 1.28. The number of nitrogens with zero attached hydrogens (tertiary/aromatic N) is 2. The van der Waals surface area contributed by atoms with Crippen molar-refractivity contribution in [2.45, 2.75) is 31.3 Å². The van der Waals surface area contributed by atoms with Gasteiger partial charge in [-0.2, -0.15) is 12.8 Å². The van der Waals surface area contributed by atoms with Crippen LogP contribution in [-0.2, 0) is 15.3 Å². The van der Waals surface area contributed by atoms with Crippen molar-refractivity contribution in [3.05, 3.63) is 39.9 Å². The van der Waals surface area contributed by atoms with E-state index >= 15 is 0 Å². The average Bonchev–Trinajstić information content (AvgIpc) is 2.45. The van der Waals surface area contributed by atoms with Gasteiger partial charge in [-0.1, -0.05) is 12.1 Å². The molecule has 1 unspecified atom stereocenters. The molecule has 0 aliphatic rings. The van der Waals surface area contributed by atoms with E-state index in [0.717, 1.165) is 0 Å². The Bertz CT molecular complexity index is 663. The second-order valence-corrected chi connectivity index (χ2v) is 5.21. The number of rotatable bonds is 8. The number of hydrogen-bond acceptors (Lipinski definition) is 7. The Morgan fingerprint density at radius 2 is 1.91 bits per heavy atom. The first-order valence-electron chi connectivity index (χ1n) is 6.34. The molecule has 0 aromatic heterocycles. The maximum absolute atomic E-state index is 10.8. The van der Waals surface area contributed by atoms with Crippen LogP contribution in [0.5, 0.6) is 0 Å². The zero-order valence-corrected chi connectivity index (χ0v) is 12.3. The van der Waals surface area contributed by atoms with Crippen molar-refractivity contribution in [2.24, 2.45) is 10.1 Å². The Hall–Kier alpha value is -2.33. The topological polar surface area (TPSA) is 153 Å². The molecule has 0 saturated heterocycles. The molecule has 120 valence electrons. The predicted molar refractivity (Wildman–Crippen MR) is 76.6 cm³/mol. The smallest absolute Gasteiger partial charge is 0.320 e. The normalized spacial score (nSPS) is 13.1. The van der Waals surface area contributed by atoms with Gasteiger partial charge in [0.2, 0.25) is 0 Å². The number of benzene rings is 1. The van der Waals surface area contributed by atoms with Crippen molar-refractivity contribution in [2.75, 3.05) is 0 Å². The number of nitro benzene ring substituents is 1. The van der Waals surface area contributed by atoms with Crippen LogP contribution >= 0.6 is 0 Å². The number of carboxylic acids is 1. The lowest BCUT2D eigenvalue weighted by atomic mass is 10.00. The summed E-state index contributed by atoms with van der Waals surface area (Å²) in [4.78, 5) is 20.6. The molecule has 3 N–H and O–H groups in total. The minimum Gasteiger partial charge on any atom is -0.480 e. The molecule has 22 heavy (non-hydrogen) atoms. The van der Waals surface area contributed by atoms with E-state index in [1.54, 1.807) is 0 Å².